The Morgan fingerprint density at radius 2 is 1.87 bits per heavy atom. The number of aromatic hydroxyl groups is 2. The maximum absolute atomic E-state index is 9.44. The van der Waals surface area contributed by atoms with Crippen LogP contribution in [0.2, 0.25) is 0 Å². The second-order valence-electron chi connectivity index (χ2n) is 2.73. The average molecular weight is 338 g/mol. The molecule has 4 nitrogen and oxygen atoms in total. The predicted octanol–water partition coefficient (Wildman–Crippen LogP) is 2.38. The molecule has 6 heteroatoms. The van der Waals surface area contributed by atoms with E-state index < -0.39 is 0 Å². The van der Waals surface area contributed by atoms with E-state index in [-0.39, 0.29) is 45.5 Å². The number of nitrogen functional groups attached to an aromatic ring is 1. The second-order valence-corrected chi connectivity index (χ2v) is 2.73. The maximum atomic E-state index is 9.44. The minimum atomic E-state index is -0.224. The highest BCUT2D eigenvalue weighted by atomic mass is 79.9. The van der Waals surface area contributed by atoms with Gasteiger partial charge in [-0.1, -0.05) is 0 Å². The van der Waals surface area contributed by atoms with Gasteiger partial charge in [0.2, 0.25) is 0 Å². The van der Waals surface area contributed by atoms with Crippen LogP contribution in [0.3, 0.4) is 0 Å². The summed E-state index contributed by atoms with van der Waals surface area (Å²) in [5, 5.41) is 19.1. The molecule has 2 rings (SSSR count). The number of phenolic OH excluding ortho intramolecular Hbond substituents is 2. The lowest BCUT2D eigenvalue weighted by Crippen LogP contribution is -1.89. The fourth-order valence-corrected chi connectivity index (χ4v) is 1.25. The van der Waals surface area contributed by atoms with Gasteiger partial charge in [0.25, 0.3) is 0 Å². The van der Waals surface area contributed by atoms with Crippen molar-refractivity contribution < 1.29 is 10.2 Å². The number of nitrogens with two attached hydrogens (primary N) is 1. The van der Waals surface area contributed by atoms with Gasteiger partial charge in [-0.25, -0.2) is 0 Å². The van der Waals surface area contributed by atoms with Gasteiger partial charge in [0.05, 0.1) is 11.2 Å². The Bertz CT molecular complexity index is 477. The summed E-state index contributed by atoms with van der Waals surface area (Å²) in [6, 6.07) is 4.60. The third kappa shape index (κ3) is 2.32. The molecule has 1 heterocycles. The Labute approximate surface area is 107 Å². The van der Waals surface area contributed by atoms with Gasteiger partial charge in [0, 0.05) is 17.6 Å². The monoisotopic (exact) mass is 336 g/mol. The zero-order valence-corrected chi connectivity index (χ0v) is 11.0. The third-order valence-corrected chi connectivity index (χ3v) is 1.87. The lowest BCUT2D eigenvalue weighted by molar-refractivity contribution is 0.408. The summed E-state index contributed by atoms with van der Waals surface area (Å²) in [6.45, 7) is 0. The summed E-state index contributed by atoms with van der Waals surface area (Å²) >= 11 is 0. The van der Waals surface area contributed by atoms with Crippen LogP contribution in [0.15, 0.2) is 24.4 Å². The van der Waals surface area contributed by atoms with Crippen LogP contribution in [0, 0.1) is 0 Å². The van der Waals surface area contributed by atoms with E-state index in [1.807, 2.05) is 0 Å². The van der Waals surface area contributed by atoms with E-state index >= 15 is 0 Å². The topological polar surface area (TPSA) is 79.4 Å². The summed E-state index contributed by atoms with van der Waals surface area (Å²) in [4.78, 5) is 3.99. The number of rotatable bonds is 0. The summed E-state index contributed by atoms with van der Waals surface area (Å²) in [5.41, 5.74) is 6.44. The first-order valence-electron chi connectivity index (χ1n) is 3.75. The minimum absolute atomic E-state index is 0. The smallest absolute Gasteiger partial charge is 0.167 e. The molecule has 0 saturated carbocycles. The number of halogens is 2. The SMILES string of the molecule is Br.Br.Nc1cc(O)c(O)c2cccnc12. The Morgan fingerprint density at radius 3 is 2.53 bits per heavy atom. The van der Waals surface area contributed by atoms with Crippen molar-refractivity contribution in [1.82, 2.24) is 4.98 Å². The van der Waals surface area contributed by atoms with Crippen molar-refractivity contribution in [3.8, 4) is 11.5 Å². The zero-order chi connectivity index (χ0) is 9.42. The number of hydrogen-bond donors (Lipinski definition) is 3. The van der Waals surface area contributed by atoms with E-state index in [2.05, 4.69) is 4.98 Å². The van der Waals surface area contributed by atoms with Crippen LogP contribution in [-0.4, -0.2) is 15.2 Å². The van der Waals surface area contributed by atoms with Crippen LogP contribution in [-0.2, 0) is 0 Å². The molecule has 2 aromatic rings. The number of aromatic nitrogens is 1. The number of anilines is 1. The van der Waals surface area contributed by atoms with Gasteiger partial charge in [-0.15, -0.1) is 34.0 Å². The molecule has 0 radical (unpaired) electrons. The number of benzene rings is 1. The lowest BCUT2D eigenvalue weighted by Gasteiger charge is -2.04. The first-order valence-corrected chi connectivity index (χ1v) is 3.75. The van der Waals surface area contributed by atoms with Crippen LogP contribution in [0.1, 0.15) is 0 Å². The zero-order valence-electron chi connectivity index (χ0n) is 7.54. The summed E-state index contributed by atoms with van der Waals surface area (Å²) < 4.78 is 0. The predicted molar refractivity (Wildman–Crippen MR) is 70.1 cm³/mol. The van der Waals surface area contributed by atoms with Gasteiger partial charge in [-0.3, -0.25) is 4.98 Å². The van der Waals surface area contributed by atoms with Crippen LogP contribution in [0.5, 0.6) is 11.5 Å². The van der Waals surface area contributed by atoms with E-state index in [0.717, 1.165) is 0 Å². The number of phenols is 2. The molecule has 0 aliphatic heterocycles. The molecule has 15 heavy (non-hydrogen) atoms. The van der Waals surface area contributed by atoms with Gasteiger partial charge >= 0.3 is 0 Å². The molecule has 4 N–H and O–H groups in total. The van der Waals surface area contributed by atoms with Crippen molar-refractivity contribution >= 4 is 50.6 Å². The van der Waals surface area contributed by atoms with Gasteiger partial charge in [-0.2, -0.15) is 0 Å². The molecule has 0 bridgehead atoms. The Balaban J connectivity index is 0.000000980. The van der Waals surface area contributed by atoms with E-state index in [4.69, 9.17) is 5.73 Å². The normalized spacial score (nSPS) is 9.07. The van der Waals surface area contributed by atoms with Crippen molar-refractivity contribution in [2.24, 2.45) is 0 Å². The van der Waals surface area contributed by atoms with E-state index in [1.54, 1.807) is 18.3 Å². The van der Waals surface area contributed by atoms with E-state index in [9.17, 15) is 10.2 Å². The van der Waals surface area contributed by atoms with Crippen LogP contribution < -0.4 is 5.73 Å². The third-order valence-electron chi connectivity index (χ3n) is 1.87. The first-order chi connectivity index (χ1) is 6.20. The average Bonchev–Trinajstić information content (AvgIpc) is 2.15. The van der Waals surface area contributed by atoms with Crippen LogP contribution in [0.25, 0.3) is 10.9 Å². The summed E-state index contributed by atoms with van der Waals surface area (Å²) in [6.07, 6.45) is 1.58. The van der Waals surface area contributed by atoms with Gasteiger partial charge in [0.15, 0.2) is 11.5 Å². The van der Waals surface area contributed by atoms with Crippen LogP contribution in [0.4, 0.5) is 5.69 Å². The van der Waals surface area contributed by atoms with Gasteiger partial charge < -0.3 is 15.9 Å². The molecule has 0 amide bonds. The van der Waals surface area contributed by atoms with E-state index in [1.165, 1.54) is 6.07 Å². The molecule has 1 aromatic heterocycles. The second kappa shape index (κ2) is 5.18. The van der Waals surface area contributed by atoms with Crippen molar-refractivity contribution in [3.05, 3.63) is 24.4 Å². The molecule has 0 aliphatic rings. The van der Waals surface area contributed by atoms with Crippen molar-refractivity contribution in [2.75, 3.05) is 5.73 Å². The Hall–Kier alpha value is -1.01. The highest BCUT2D eigenvalue weighted by molar-refractivity contribution is 8.93. The molecule has 0 spiro atoms. The molecular formula is C9H10Br2N2O2. The lowest BCUT2D eigenvalue weighted by atomic mass is 10.1. The molecule has 0 atom stereocenters. The van der Waals surface area contributed by atoms with Crippen molar-refractivity contribution in [3.63, 3.8) is 0 Å². The molecule has 0 fully saturated rings. The van der Waals surface area contributed by atoms with Gasteiger partial charge in [0.1, 0.15) is 0 Å². The molecule has 0 unspecified atom stereocenters. The fourth-order valence-electron chi connectivity index (χ4n) is 1.25. The molecule has 0 aliphatic carbocycles. The number of hydrogen-bond acceptors (Lipinski definition) is 4. The first kappa shape index (κ1) is 14.0. The highest BCUT2D eigenvalue weighted by Gasteiger charge is 2.08. The summed E-state index contributed by atoms with van der Waals surface area (Å²) in [7, 11) is 0. The number of nitrogens with zero attached hydrogens (tertiary/aromatic N) is 1. The quantitative estimate of drug-likeness (QED) is 0.392. The largest absolute Gasteiger partial charge is 0.504 e. The summed E-state index contributed by atoms with van der Waals surface area (Å²) in [5.74, 6) is -0.407. The Kier molecular flexibility index (Phi) is 4.83. The van der Waals surface area contributed by atoms with Crippen molar-refractivity contribution in [2.45, 2.75) is 0 Å². The number of fused-ring (bicyclic) bond motifs is 1. The minimum Gasteiger partial charge on any atom is -0.504 e. The molecule has 82 valence electrons. The maximum Gasteiger partial charge on any atom is 0.167 e. The molecule has 0 saturated heterocycles. The standard InChI is InChI=1S/C9H8N2O2.2BrH/c10-6-4-7(12)9(13)5-2-1-3-11-8(5)6;;/h1-4,12-13H,10H2;2*1H. The van der Waals surface area contributed by atoms with Crippen molar-refractivity contribution in [1.29, 1.82) is 0 Å². The van der Waals surface area contributed by atoms with Crippen LogP contribution >= 0.6 is 34.0 Å². The molecule has 1 aromatic carbocycles. The van der Waals surface area contributed by atoms with Gasteiger partial charge in [-0.05, 0) is 12.1 Å². The fraction of sp³-hybridized carbons (Fsp3) is 0. The van der Waals surface area contributed by atoms with E-state index in [0.29, 0.717) is 16.6 Å². The number of pyridine rings is 1. The Morgan fingerprint density at radius 1 is 1.20 bits per heavy atom. The molecular weight excluding hydrogens is 328 g/mol. The highest BCUT2D eigenvalue weighted by Crippen LogP contribution is 2.35.